The van der Waals surface area contributed by atoms with Crippen LogP contribution >= 0.6 is 22.7 Å². The van der Waals surface area contributed by atoms with Gasteiger partial charge in [0.1, 0.15) is 6.04 Å². The van der Waals surface area contributed by atoms with Gasteiger partial charge in [-0.25, -0.2) is 4.79 Å². The lowest BCUT2D eigenvalue weighted by molar-refractivity contribution is -0.144. The number of para-hydroxylation sites is 1. The van der Waals surface area contributed by atoms with Crippen LogP contribution in [-0.2, 0) is 9.53 Å². The number of hydrogen-bond acceptors (Lipinski definition) is 5. The SMILES string of the molecule is CCC(C(=O)OC)n1/c(=N\C(=O)c2cc3ccccc3s2)sc2ccccc21. The predicted octanol–water partition coefficient (Wildman–Crippen LogP) is 4.78. The van der Waals surface area contributed by atoms with Crippen molar-refractivity contribution in [3.8, 4) is 0 Å². The molecule has 0 N–H and O–H groups in total. The van der Waals surface area contributed by atoms with Gasteiger partial charge in [0.05, 0.1) is 22.2 Å². The van der Waals surface area contributed by atoms with E-state index < -0.39 is 6.04 Å². The number of hydrogen-bond donors (Lipinski definition) is 0. The first-order chi connectivity index (χ1) is 13.6. The second-order valence-corrected chi connectivity index (χ2v) is 8.33. The molecule has 28 heavy (non-hydrogen) atoms. The molecule has 2 aromatic carbocycles. The summed E-state index contributed by atoms with van der Waals surface area (Å²) in [4.78, 5) is 30.7. The maximum atomic E-state index is 12.9. The summed E-state index contributed by atoms with van der Waals surface area (Å²) in [5.41, 5.74) is 0.868. The molecule has 0 radical (unpaired) electrons. The van der Waals surface area contributed by atoms with Crippen molar-refractivity contribution in [1.82, 2.24) is 4.57 Å². The lowest BCUT2D eigenvalue weighted by Crippen LogP contribution is -2.28. The van der Waals surface area contributed by atoms with Crippen LogP contribution in [0.25, 0.3) is 20.3 Å². The van der Waals surface area contributed by atoms with Gasteiger partial charge in [-0.1, -0.05) is 48.6 Å². The van der Waals surface area contributed by atoms with Crippen molar-refractivity contribution in [1.29, 1.82) is 0 Å². The molecule has 0 spiro atoms. The van der Waals surface area contributed by atoms with Gasteiger partial charge in [-0.2, -0.15) is 4.99 Å². The molecule has 0 bridgehead atoms. The van der Waals surface area contributed by atoms with Crippen LogP contribution in [0.3, 0.4) is 0 Å². The highest BCUT2D eigenvalue weighted by atomic mass is 32.1. The van der Waals surface area contributed by atoms with Crippen molar-refractivity contribution in [2.45, 2.75) is 19.4 Å². The van der Waals surface area contributed by atoms with Crippen LogP contribution in [0.4, 0.5) is 0 Å². The average molecular weight is 411 g/mol. The largest absolute Gasteiger partial charge is 0.467 e. The summed E-state index contributed by atoms with van der Waals surface area (Å²) in [7, 11) is 1.37. The Bertz CT molecular complexity index is 1220. The maximum Gasteiger partial charge on any atom is 0.328 e. The number of carbonyl (C=O) groups excluding carboxylic acids is 2. The number of amides is 1. The Morgan fingerprint density at radius 2 is 1.79 bits per heavy atom. The molecule has 2 aromatic heterocycles. The van der Waals surface area contributed by atoms with Crippen molar-refractivity contribution < 1.29 is 14.3 Å². The molecule has 0 saturated heterocycles. The molecular formula is C21H18N2O3S2. The number of thiophene rings is 1. The summed E-state index contributed by atoms with van der Waals surface area (Å²) in [6.07, 6.45) is 0.539. The maximum absolute atomic E-state index is 12.9. The number of benzene rings is 2. The van der Waals surface area contributed by atoms with Crippen LogP contribution < -0.4 is 4.80 Å². The van der Waals surface area contributed by atoms with Gasteiger partial charge in [-0.15, -0.1) is 11.3 Å². The van der Waals surface area contributed by atoms with E-state index in [9.17, 15) is 9.59 Å². The summed E-state index contributed by atoms with van der Waals surface area (Å²) in [6.45, 7) is 1.92. The lowest BCUT2D eigenvalue weighted by Gasteiger charge is -2.15. The first-order valence-electron chi connectivity index (χ1n) is 8.88. The number of thiazole rings is 1. The van der Waals surface area contributed by atoms with E-state index in [2.05, 4.69) is 4.99 Å². The molecule has 142 valence electrons. The van der Waals surface area contributed by atoms with Crippen molar-refractivity contribution in [2.24, 2.45) is 4.99 Å². The molecule has 2 heterocycles. The number of ether oxygens (including phenoxy) is 1. The molecule has 1 atom stereocenters. The fourth-order valence-corrected chi connectivity index (χ4v) is 5.20. The van der Waals surface area contributed by atoms with E-state index in [0.717, 1.165) is 20.3 Å². The normalized spacial score (nSPS) is 13.1. The highest BCUT2D eigenvalue weighted by molar-refractivity contribution is 7.20. The monoisotopic (exact) mass is 410 g/mol. The topological polar surface area (TPSA) is 60.7 Å². The summed E-state index contributed by atoms with van der Waals surface area (Å²) in [5, 5.41) is 1.02. The number of rotatable bonds is 4. The van der Waals surface area contributed by atoms with Crippen molar-refractivity contribution in [3.63, 3.8) is 0 Å². The molecule has 4 aromatic rings. The van der Waals surface area contributed by atoms with Gasteiger partial charge in [-0.05, 0) is 36.1 Å². The fourth-order valence-electron chi connectivity index (χ4n) is 3.19. The van der Waals surface area contributed by atoms with Crippen molar-refractivity contribution in [2.75, 3.05) is 7.11 Å². The van der Waals surface area contributed by atoms with Crippen LogP contribution in [0.15, 0.2) is 59.6 Å². The first kappa shape index (κ1) is 18.6. The molecule has 1 unspecified atom stereocenters. The second kappa shape index (κ2) is 7.69. The molecule has 4 rings (SSSR count). The molecule has 0 aliphatic heterocycles. The smallest absolute Gasteiger partial charge is 0.328 e. The zero-order valence-electron chi connectivity index (χ0n) is 15.4. The third kappa shape index (κ3) is 3.27. The van der Waals surface area contributed by atoms with Gasteiger partial charge >= 0.3 is 5.97 Å². The van der Waals surface area contributed by atoms with Crippen LogP contribution in [-0.4, -0.2) is 23.6 Å². The zero-order valence-corrected chi connectivity index (χ0v) is 17.0. The number of esters is 1. The van der Waals surface area contributed by atoms with E-state index in [1.807, 2.05) is 66.1 Å². The standard InChI is InChI=1S/C21H18N2O3S2/c1-3-14(20(25)26-2)23-15-9-5-7-11-17(15)28-21(23)22-19(24)18-12-13-8-4-6-10-16(13)27-18/h4-12,14H,3H2,1-2H3/b22-21+. The lowest BCUT2D eigenvalue weighted by atomic mass is 10.2. The van der Waals surface area contributed by atoms with Gasteiger partial charge < -0.3 is 9.30 Å². The number of nitrogens with zero attached hydrogens (tertiary/aromatic N) is 2. The fraction of sp³-hybridized carbons (Fsp3) is 0.190. The summed E-state index contributed by atoms with van der Waals surface area (Å²) in [6, 6.07) is 16.9. The quantitative estimate of drug-likeness (QED) is 0.455. The van der Waals surface area contributed by atoms with Crippen LogP contribution in [0.2, 0.25) is 0 Å². The minimum Gasteiger partial charge on any atom is -0.467 e. The van der Waals surface area contributed by atoms with E-state index in [4.69, 9.17) is 4.74 Å². The molecule has 0 aliphatic carbocycles. The van der Waals surface area contributed by atoms with Crippen molar-refractivity contribution >= 4 is 54.9 Å². The predicted molar refractivity (Wildman–Crippen MR) is 113 cm³/mol. The Balaban J connectivity index is 1.88. The third-order valence-electron chi connectivity index (χ3n) is 4.54. The van der Waals surface area contributed by atoms with E-state index in [1.54, 1.807) is 0 Å². The molecule has 0 fully saturated rings. The Hall–Kier alpha value is -2.77. The van der Waals surface area contributed by atoms with Gasteiger partial charge in [-0.3, -0.25) is 4.79 Å². The second-order valence-electron chi connectivity index (χ2n) is 6.24. The molecule has 5 nitrogen and oxygen atoms in total. The van der Waals surface area contributed by atoms with E-state index in [-0.39, 0.29) is 11.9 Å². The zero-order chi connectivity index (χ0) is 19.7. The van der Waals surface area contributed by atoms with E-state index >= 15 is 0 Å². The summed E-state index contributed by atoms with van der Waals surface area (Å²) in [5.74, 6) is -0.650. The number of aromatic nitrogens is 1. The third-order valence-corrected chi connectivity index (χ3v) is 6.68. The molecule has 1 amide bonds. The van der Waals surface area contributed by atoms with Crippen LogP contribution in [0.5, 0.6) is 0 Å². The number of methoxy groups -OCH3 is 1. The number of carbonyl (C=O) groups is 2. The van der Waals surface area contributed by atoms with Gasteiger partial charge in [0, 0.05) is 4.70 Å². The summed E-state index contributed by atoms with van der Waals surface area (Å²) >= 11 is 2.82. The number of fused-ring (bicyclic) bond motifs is 2. The van der Waals surface area contributed by atoms with Gasteiger partial charge in [0.2, 0.25) is 0 Å². The van der Waals surface area contributed by atoms with Gasteiger partial charge in [0.15, 0.2) is 4.80 Å². The first-order valence-corrected chi connectivity index (χ1v) is 10.5. The minimum atomic E-state index is -0.532. The van der Waals surface area contributed by atoms with Crippen molar-refractivity contribution in [3.05, 3.63) is 64.3 Å². The minimum absolute atomic E-state index is 0.304. The highest BCUT2D eigenvalue weighted by Crippen LogP contribution is 2.26. The van der Waals surface area contributed by atoms with Gasteiger partial charge in [0.25, 0.3) is 5.91 Å². The Kier molecular flexibility index (Phi) is 5.11. The molecule has 0 aliphatic rings. The Labute approximate surface area is 169 Å². The van der Waals surface area contributed by atoms with Crippen LogP contribution in [0, 0.1) is 0 Å². The van der Waals surface area contributed by atoms with E-state index in [1.165, 1.54) is 29.8 Å². The Morgan fingerprint density at radius 3 is 2.50 bits per heavy atom. The van der Waals surface area contributed by atoms with E-state index in [0.29, 0.717) is 16.1 Å². The summed E-state index contributed by atoms with van der Waals surface area (Å²) < 4.78 is 8.81. The average Bonchev–Trinajstić information content (AvgIpc) is 3.30. The Morgan fingerprint density at radius 1 is 1.07 bits per heavy atom. The van der Waals surface area contributed by atoms with Crippen LogP contribution in [0.1, 0.15) is 29.1 Å². The highest BCUT2D eigenvalue weighted by Gasteiger charge is 2.23. The molecule has 7 heteroatoms. The molecular weight excluding hydrogens is 392 g/mol. The molecule has 0 saturated carbocycles.